The van der Waals surface area contributed by atoms with Crippen LogP contribution in [0.4, 0.5) is 0 Å². The summed E-state index contributed by atoms with van der Waals surface area (Å²) in [5.41, 5.74) is 1.66. The number of H-pyrrole nitrogens is 1. The van der Waals surface area contributed by atoms with E-state index >= 15 is 0 Å². The summed E-state index contributed by atoms with van der Waals surface area (Å²) in [6.07, 6.45) is 4.38. The van der Waals surface area contributed by atoms with E-state index in [1.54, 1.807) is 24.4 Å². The normalized spacial score (nSPS) is 13.1. The van der Waals surface area contributed by atoms with Gasteiger partial charge in [0.15, 0.2) is 5.65 Å². The van der Waals surface area contributed by atoms with Gasteiger partial charge in [-0.05, 0) is 19.9 Å². The van der Waals surface area contributed by atoms with Gasteiger partial charge in [0, 0.05) is 11.8 Å². The number of imidazole rings is 1. The third-order valence-electron chi connectivity index (χ3n) is 2.40. The quantitative estimate of drug-likeness (QED) is 0.605. The smallest absolute Gasteiger partial charge is 0.181 e. The number of hydrogen-bond acceptors (Lipinski definition) is 5. The molecule has 0 saturated carbocycles. The molecule has 0 aliphatic rings. The Morgan fingerprint density at radius 2 is 2.29 bits per heavy atom. The van der Waals surface area contributed by atoms with Gasteiger partial charge in [-0.3, -0.25) is 0 Å². The van der Waals surface area contributed by atoms with Crippen molar-refractivity contribution in [3.05, 3.63) is 12.7 Å². The Labute approximate surface area is 105 Å². The van der Waals surface area contributed by atoms with Gasteiger partial charge in [-0.25, -0.2) is 15.0 Å². The minimum atomic E-state index is 0.480. The molecule has 17 heavy (non-hydrogen) atoms. The summed E-state index contributed by atoms with van der Waals surface area (Å²) in [5, 5.41) is 4.42. The molecule has 0 bridgehead atoms. The van der Waals surface area contributed by atoms with Crippen LogP contribution >= 0.6 is 11.8 Å². The number of rotatable bonds is 6. The van der Waals surface area contributed by atoms with Crippen LogP contribution in [-0.2, 0) is 0 Å². The van der Waals surface area contributed by atoms with E-state index in [2.05, 4.69) is 39.1 Å². The molecule has 2 rings (SSSR count). The first-order valence-electron chi connectivity index (χ1n) is 5.81. The molecule has 0 aromatic carbocycles. The number of nitrogens with zero attached hydrogens (tertiary/aromatic N) is 3. The molecule has 2 N–H and O–H groups in total. The highest BCUT2D eigenvalue weighted by molar-refractivity contribution is 7.99. The summed E-state index contributed by atoms with van der Waals surface area (Å²) in [5.74, 6) is 0.991. The lowest BCUT2D eigenvalue weighted by atomic mass is 10.3. The average molecular weight is 251 g/mol. The molecule has 5 nitrogen and oxygen atoms in total. The third-order valence-corrected chi connectivity index (χ3v) is 3.65. The fourth-order valence-electron chi connectivity index (χ4n) is 1.51. The zero-order valence-electron chi connectivity index (χ0n) is 10.1. The molecular formula is C11H17N5S. The Morgan fingerprint density at radius 1 is 1.41 bits per heavy atom. The Balaban J connectivity index is 1.96. The molecule has 1 atom stereocenters. The first kappa shape index (κ1) is 12.3. The lowest BCUT2D eigenvalue weighted by Crippen LogP contribution is -2.28. The van der Waals surface area contributed by atoms with Crippen LogP contribution in [0.3, 0.4) is 0 Å². The van der Waals surface area contributed by atoms with Gasteiger partial charge in [-0.15, -0.1) is 11.8 Å². The van der Waals surface area contributed by atoms with Crippen LogP contribution in [0.25, 0.3) is 11.2 Å². The van der Waals surface area contributed by atoms with E-state index in [0.29, 0.717) is 6.04 Å². The summed E-state index contributed by atoms with van der Waals surface area (Å²) in [6, 6.07) is 0.480. The van der Waals surface area contributed by atoms with Gasteiger partial charge in [0.1, 0.15) is 16.9 Å². The topological polar surface area (TPSA) is 66.5 Å². The van der Waals surface area contributed by atoms with Gasteiger partial charge >= 0.3 is 0 Å². The predicted molar refractivity (Wildman–Crippen MR) is 70.2 cm³/mol. The summed E-state index contributed by atoms with van der Waals surface area (Å²) in [6.45, 7) is 5.42. The highest BCUT2D eigenvalue weighted by atomic mass is 32.2. The maximum Gasteiger partial charge on any atom is 0.181 e. The second kappa shape index (κ2) is 5.97. The van der Waals surface area contributed by atoms with E-state index in [4.69, 9.17) is 0 Å². The number of aromatic nitrogens is 4. The van der Waals surface area contributed by atoms with E-state index in [1.807, 2.05) is 0 Å². The maximum atomic E-state index is 4.28. The highest BCUT2D eigenvalue weighted by Gasteiger charge is 2.08. The van der Waals surface area contributed by atoms with Crippen LogP contribution in [0.1, 0.15) is 20.3 Å². The van der Waals surface area contributed by atoms with Crippen molar-refractivity contribution in [3.8, 4) is 0 Å². The number of aromatic amines is 1. The monoisotopic (exact) mass is 251 g/mol. The minimum Gasteiger partial charge on any atom is -0.341 e. The van der Waals surface area contributed by atoms with Crippen molar-refractivity contribution in [2.24, 2.45) is 0 Å². The second-order valence-electron chi connectivity index (χ2n) is 3.95. The van der Waals surface area contributed by atoms with Crippen molar-refractivity contribution in [3.63, 3.8) is 0 Å². The Bertz CT molecular complexity index is 470. The fraction of sp³-hybridized carbons (Fsp3) is 0.545. The van der Waals surface area contributed by atoms with Crippen LogP contribution in [0.2, 0.25) is 0 Å². The van der Waals surface area contributed by atoms with Crippen LogP contribution in [0, 0.1) is 0 Å². The van der Waals surface area contributed by atoms with Gasteiger partial charge in [-0.2, -0.15) is 0 Å². The van der Waals surface area contributed by atoms with Crippen molar-refractivity contribution in [2.45, 2.75) is 31.3 Å². The molecular weight excluding hydrogens is 234 g/mol. The molecule has 1 unspecified atom stereocenters. The molecule has 0 aliphatic carbocycles. The molecule has 2 aromatic heterocycles. The summed E-state index contributed by atoms with van der Waals surface area (Å²) in [4.78, 5) is 15.6. The summed E-state index contributed by atoms with van der Waals surface area (Å²) >= 11 is 1.73. The largest absolute Gasteiger partial charge is 0.341 e. The average Bonchev–Trinajstić information content (AvgIpc) is 2.82. The van der Waals surface area contributed by atoms with Gasteiger partial charge < -0.3 is 10.3 Å². The van der Waals surface area contributed by atoms with Crippen molar-refractivity contribution in [1.29, 1.82) is 0 Å². The van der Waals surface area contributed by atoms with Gasteiger partial charge in [0.25, 0.3) is 0 Å². The molecule has 2 aromatic rings. The second-order valence-corrected chi connectivity index (χ2v) is 4.95. The minimum absolute atomic E-state index is 0.480. The van der Waals surface area contributed by atoms with E-state index in [9.17, 15) is 0 Å². The number of hydrogen-bond donors (Lipinski definition) is 2. The fourth-order valence-corrected chi connectivity index (χ4v) is 2.45. The maximum absolute atomic E-state index is 4.28. The SMILES string of the molecule is CCCNC(C)CSc1ncnc2nc[nH]c12. The molecule has 0 amide bonds. The summed E-state index contributed by atoms with van der Waals surface area (Å²) < 4.78 is 0. The first-order valence-corrected chi connectivity index (χ1v) is 6.80. The number of nitrogens with one attached hydrogen (secondary N) is 2. The Kier molecular flexibility index (Phi) is 4.33. The lowest BCUT2D eigenvalue weighted by molar-refractivity contribution is 0.590. The Morgan fingerprint density at radius 3 is 3.12 bits per heavy atom. The molecule has 6 heteroatoms. The van der Waals surface area contributed by atoms with Gasteiger partial charge in [0.05, 0.1) is 6.33 Å². The van der Waals surface area contributed by atoms with Crippen molar-refractivity contribution in [2.75, 3.05) is 12.3 Å². The standard InChI is InChI=1S/C11H17N5S/c1-3-4-12-8(2)5-17-11-9-10(14-6-13-9)15-7-16-11/h6-8,12H,3-5H2,1-2H3,(H,13,14,15,16). The Hall–Kier alpha value is -1.14. The van der Waals surface area contributed by atoms with Crippen molar-refractivity contribution >= 4 is 22.9 Å². The molecule has 0 fully saturated rings. The molecule has 0 radical (unpaired) electrons. The van der Waals surface area contributed by atoms with Crippen LogP contribution in [0.5, 0.6) is 0 Å². The van der Waals surface area contributed by atoms with E-state index in [1.165, 1.54) is 0 Å². The van der Waals surface area contributed by atoms with Gasteiger partial charge in [-0.1, -0.05) is 6.92 Å². The highest BCUT2D eigenvalue weighted by Crippen LogP contribution is 2.22. The van der Waals surface area contributed by atoms with Crippen LogP contribution in [0.15, 0.2) is 17.7 Å². The van der Waals surface area contributed by atoms with Gasteiger partial charge in [0.2, 0.25) is 0 Å². The van der Waals surface area contributed by atoms with Crippen LogP contribution in [-0.4, -0.2) is 38.3 Å². The van der Waals surface area contributed by atoms with Crippen molar-refractivity contribution < 1.29 is 0 Å². The summed E-state index contributed by atoms with van der Waals surface area (Å²) in [7, 11) is 0. The predicted octanol–water partition coefficient (Wildman–Crippen LogP) is 1.83. The molecule has 2 heterocycles. The van der Waals surface area contributed by atoms with Crippen LogP contribution < -0.4 is 5.32 Å². The zero-order valence-corrected chi connectivity index (χ0v) is 10.9. The number of thioether (sulfide) groups is 1. The third kappa shape index (κ3) is 3.17. The van der Waals surface area contributed by atoms with E-state index in [-0.39, 0.29) is 0 Å². The van der Waals surface area contributed by atoms with E-state index in [0.717, 1.165) is 34.9 Å². The first-order chi connectivity index (χ1) is 8.31. The molecule has 0 aliphatic heterocycles. The molecule has 0 saturated heterocycles. The molecule has 0 spiro atoms. The molecule has 92 valence electrons. The zero-order chi connectivity index (χ0) is 12.1. The van der Waals surface area contributed by atoms with Crippen molar-refractivity contribution in [1.82, 2.24) is 25.3 Å². The van der Waals surface area contributed by atoms with E-state index < -0.39 is 0 Å². The lowest BCUT2D eigenvalue weighted by Gasteiger charge is -2.12. The number of fused-ring (bicyclic) bond motifs is 1.